The molecule has 0 spiro atoms. The normalized spacial score (nSPS) is 13.5. The molecule has 1 rings (SSSR count). The Hall–Kier alpha value is -1.58. The van der Waals surface area contributed by atoms with Gasteiger partial charge in [0.2, 0.25) is 0 Å². The van der Waals surface area contributed by atoms with Crippen molar-refractivity contribution in [3.63, 3.8) is 0 Å². The number of rotatable bonds is 5. The average Bonchev–Trinajstić information content (AvgIpc) is 2.35. The first kappa shape index (κ1) is 13.5. The maximum absolute atomic E-state index is 13.1. The van der Waals surface area contributed by atoms with Crippen LogP contribution in [0.15, 0.2) is 23.4 Å². The van der Waals surface area contributed by atoms with Gasteiger partial charge in [-0.1, -0.05) is 25.4 Å². The van der Waals surface area contributed by atoms with Crippen molar-refractivity contribution in [2.24, 2.45) is 11.1 Å². The first-order valence-corrected chi connectivity index (χ1v) is 5.69. The minimum Gasteiger partial charge on any atom is -0.493 e. The third-order valence-corrected chi connectivity index (χ3v) is 2.70. The van der Waals surface area contributed by atoms with Crippen LogP contribution in [0.3, 0.4) is 0 Å². The van der Waals surface area contributed by atoms with Gasteiger partial charge in [-0.3, -0.25) is 0 Å². The van der Waals surface area contributed by atoms with Crippen LogP contribution in [-0.2, 0) is 0 Å². The fourth-order valence-electron chi connectivity index (χ4n) is 1.31. The van der Waals surface area contributed by atoms with Gasteiger partial charge < -0.3 is 9.94 Å². The van der Waals surface area contributed by atoms with E-state index in [1.165, 1.54) is 12.1 Å². The van der Waals surface area contributed by atoms with E-state index in [-0.39, 0.29) is 5.82 Å². The highest BCUT2D eigenvalue weighted by atomic mass is 19.1. The first-order valence-electron chi connectivity index (χ1n) is 5.69. The quantitative estimate of drug-likeness (QED) is 0.486. The Bertz CT molecular complexity index is 404. The highest BCUT2D eigenvalue weighted by molar-refractivity contribution is 6.00. The number of hydrogen-bond donors (Lipinski definition) is 1. The summed E-state index contributed by atoms with van der Waals surface area (Å²) in [5.74, 6) is 0.597. The van der Waals surface area contributed by atoms with Gasteiger partial charge in [-0.05, 0) is 31.0 Å². The van der Waals surface area contributed by atoms with Gasteiger partial charge in [0, 0.05) is 5.56 Å². The molecule has 0 bridgehead atoms. The molecule has 0 fully saturated rings. The van der Waals surface area contributed by atoms with Crippen molar-refractivity contribution in [3.8, 4) is 5.75 Å². The summed E-state index contributed by atoms with van der Waals surface area (Å²) in [7, 11) is 0. The molecule has 0 saturated heterocycles. The van der Waals surface area contributed by atoms with E-state index in [9.17, 15) is 4.39 Å². The summed E-state index contributed by atoms with van der Waals surface area (Å²) in [4.78, 5) is 0. The molecule has 94 valence electrons. The summed E-state index contributed by atoms with van der Waals surface area (Å²) in [5, 5.41) is 11.8. The van der Waals surface area contributed by atoms with E-state index in [0.29, 0.717) is 29.5 Å². The molecule has 1 unspecified atom stereocenters. The van der Waals surface area contributed by atoms with Gasteiger partial charge in [0.25, 0.3) is 0 Å². The minimum absolute atomic E-state index is 0.337. The molecule has 0 aromatic heterocycles. The van der Waals surface area contributed by atoms with E-state index < -0.39 is 0 Å². The third kappa shape index (κ3) is 3.73. The maximum atomic E-state index is 13.1. The molecule has 1 aromatic carbocycles. The Labute approximate surface area is 101 Å². The number of ether oxygens (including phenoxy) is 1. The topological polar surface area (TPSA) is 41.8 Å². The van der Waals surface area contributed by atoms with Crippen molar-refractivity contribution < 1.29 is 14.3 Å². The van der Waals surface area contributed by atoms with Crippen molar-refractivity contribution in [1.29, 1.82) is 0 Å². The zero-order valence-electron chi connectivity index (χ0n) is 10.4. The Morgan fingerprint density at radius 2 is 2.24 bits per heavy atom. The van der Waals surface area contributed by atoms with E-state index in [1.807, 2.05) is 0 Å². The number of hydrogen-bond acceptors (Lipinski definition) is 3. The van der Waals surface area contributed by atoms with Crippen LogP contribution in [0.1, 0.15) is 32.8 Å². The molecule has 0 radical (unpaired) electrons. The van der Waals surface area contributed by atoms with E-state index in [2.05, 4.69) is 19.0 Å². The molecule has 1 aromatic rings. The van der Waals surface area contributed by atoms with Crippen molar-refractivity contribution in [1.82, 2.24) is 0 Å². The smallest absolute Gasteiger partial charge is 0.128 e. The zero-order valence-corrected chi connectivity index (χ0v) is 10.4. The number of benzene rings is 1. The van der Waals surface area contributed by atoms with Crippen molar-refractivity contribution in [2.75, 3.05) is 6.61 Å². The van der Waals surface area contributed by atoms with Gasteiger partial charge in [-0.2, -0.15) is 0 Å². The number of halogens is 1. The minimum atomic E-state index is -0.376. The van der Waals surface area contributed by atoms with Crippen LogP contribution in [0.5, 0.6) is 5.75 Å². The van der Waals surface area contributed by atoms with Crippen LogP contribution in [0.4, 0.5) is 4.39 Å². The van der Waals surface area contributed by atoms with Crippen LogP contribution in [0.2, 0.25) is 0 Å². The molecule has 1 N–H and O–H groups in total. The Morgan fingerprint density at radius 3 is 2.82 bits per heavy atom. The predicted octanol–water partition coefficient (Wildman–Crippen LogP) is 3.45. The van der Waals surface area contributed by atoms with Crippen molar-refractivity contribution in [3.05, 3.63) is 29.6 Å². The summed E-state index contributed by atoms with van der Waals surface area (Å²) in [5.41, 5.74) is 0.819. The average molecular weight is 239 g/mol. The molecule has 0 aliphatic carbocycles. The number of oxime groups is 1. The van der Waals surface area contributed by atoms with Crippen LogP contribution in [-0.4, -0.2) is 17.5 Å². The largest absolute Gasteiger partial charge is 0.493 e. The molecule has 0 amide bonds. The molecule has 0 saturated carbocycles. The lowest BCUT2D eigenvalue weighted by Gasteiger charge is -2.14. The summed E-state index contributed by atoms with van der Waals surface area (Å²) in [6.07, 6.45) is 1.02. The second-order valence-electron chi connectivity index (χ2n) is 4.15. The van der Waals surface area contributed by atoms with Gasteiger partial charge >= 0.3 is 0 Å². The first-order chi connectivity index (χ1) is 8.08. The summed E-state index contributed by atoms with van der Waals surface area (Å²) in [6.45, 7) is 6.33. The van der Waals surface area contributed by atoms with Crippen molar-refractivity contribution >= 4 is 5.71 Å². The van der Waals surface area contributed by atoms with E-state index in [0.717, 1.165) is 6.42 Å². The lowest BCUT2D eigenvalue weighted by molar-refractivity contribution is 0.255. The second-order valence-corrected chi connectivity index (χ2v) is 4.15. The Kier molecular flexibility index (Phi) is 4.94. The molecule has 0 heterocycles. The fourth-order valence-corrected chi connectivity index (χ4v) is 1.31. The van der Waals surface area contributed by atoms with Crippen LogP contribution < -0.4 is 4.74 Å². The van der Waals surface area contributed by atoms with E-state index >= 15 is 0 Å². The summed E-state index contributed by atoms with van der Waals surface area (Å²) < 4.78 is 18.7. The Balaban J connectivity index is 2.91. The van der Waals surface area contributed by atoms with E-state index in [4.69, 9.17) is 9.94 Å². The molecule has 4 heteroatoms. The van der Waals surface area contributed by atoms with Gasteiger partial charge in [-0.15, -0.1) is 0 Å². The van der Waals surface area contributed by atoms with Crippen LogP contribution >= 0.6 is 0 Å². The Morgan fingerprint density at radius 1 is 1.53 bits per heavy atom. The van der Waals surface area contributed by atoms with Crippen molar-refractivity contribution in [2.45, 2.75) is 27.2 Å². The fraction of sp³-hybridized carbons (Fsp3) is 0.462. The summed E-state index contributed by atoms with van der Waals surface area (Å²) >= 11 is 0. The number of nitrogens with zero attached hydrogens (tertiary/aromatic N) is 1. The SMILES string of the molecule is CCC(C)COc1ccc(F)cc1C(C)=NO. The highest BCUT2D eigenvalue weighted by Crippen LogP contribution is 2.21. The van der Waals surface area contributed by atoms with Crippen LogP contribution in [0.25, 0.3) is 0 Å². The molecule has 0 aliphatic heterocycles. The lowest BCUT2D eigenvalue weighted by Crippen LogP contribution is -2.10. The van der Waals surface area contributed by atoms with Gasteiger partial charge in [0.1, 0.15) is 11.6 Å². The second kappa shape index (κ2) is 6.23. The molecule has 1 atom stereocenters. The van der Waals surface area contributed by atoms with Crippen LogP contribution in [0, 0.1) is 11.7 Å². The molecule has 0 aliphatic rings. The highest BCUT2D eigenvalue weighted by Gasteiger charge is 2.10. The predicted molar refractivity (Wildman–Crippen MR) is 65.3 cm³/mol. The molecular formula is C13H18FNO2. The van der Waals surface area contributed by atoms with Gasteiger partial charge in [-0.25, -0.2) is 4.39 Å². The molecular weight excluding hydrogens is 221 g/mol. The third-order valence-electron chi connectivity index (χ3n) is 2.70. The van der Waals surface area contributed by atoms with Gasteiger partial charge in [0.05, 0.1) is 12.3 Å². The zero-order chi connectivity index (χ0) is 12.8. The van der Waals surface area contributed by atoms with Gasteiger partial charge in [0.15, 0.2) is 0 Å². The standard InChI is InChI=1S/C13H18FNO2/c1-4-9(2)8-17-13-6-5-11(14)7-12(13)10(3)15-16/h5-7,9,16H,4,8H2,1-3H3. The molecule has 17 heavy (non-hydrogen) atoms. The summed E-state index contributed by atoms with van der Waals surface area (Å²) in [6, 6.07) is 4.20. The monoisotopic (exact) mass is 239 g/mol. The maximum Gasteiger partial charge on any atom is 0.128 e. The van der Waals surface area contributed by atoms with E-state index in [1.54, 1.807) is 13.0 Å². The molecule has 3 nitrogen and oxygen atoms in total. The lowest BCUT2D eigenvalue weighted by atomic mass is 10.1.